The summed E-state index contributed by atoms with van der Waals surface area (Å²) in [6.07, 6.45) is 5.88. The van der Waals surface area contributed by atoms with Gasteiger partial charge in [0.25, 0.3) is 0 Å². The van der Waals surface area contributed by atoms with Crippen molar-refractivity contribution in [3.8, 4) is 0 Å². The van der Waals surface area contributed by atoms with E-state index in [9.17, 15) is 0 Å². The minimum atomic E-state index is 0.141. The molecule has 0 radical (unpaired) electrons. The van der Waals surface area contributed by atoms with Gasteiger partial charge in [-0.1, -0.05) is 30.3 Å². The molecule has 2 aliphatic heterocycles. The maximum absolute atomic E-state index is 9.11. The summed E-state index contributed by atoms with van der Waals surface area (Å²) in [7, 11) is 2.32. The Kier molecular flexibility index (Phi) is 5.35. The summed E-state index contributed by atoms with van der Waals surface area (Å²) in [5.41, 5.74) is 4.25. The van der Waals surface area contributed by atoms with E-state index in [2.05, 4.69) is 65.4 Å². The summed E-state index contributed by atoms with van der Waals surface area (Å²) in [6, 6.07) is 11.0. The molecule has 0 amide bonds. The number of aryl methyl sites for hydroxylation is 1. The predicted molar refractivity (Wildman–Crippen MR) is 108 cm³/mol. The lowest BCUT2D eigenvalue weighted by molar-refractivity contribution is 0.0672. The van der Waals surface area contributed by atoms with Gasteiger partial charge in [0, 0.05) is 43.5 Å². The largest absolute Gasteiger partial charge is 0.394 e. The van der Waals surface area contributed by atoms with E-state index in [0.29, 0.717) is 18.0 Å². The number of likely N-dealkylation sites (N-methyl/N-ethyl adjacent to an activating group) is 1. The minimum Gasteiger partial charge on any atom is -0.394 e. The number of nitrogens with zero attached hydrogens (tertiary/aromatic N) is 4. The smallest absolute Gasteiger partial charge is 0.0641 e. The van der Waals surface area contributed by atoms with Gasteiger partial charge in [0.1, 0.15) is 0 Å². The fourth-order valence-electron chi connectivity index (χ4n) is 5.04. The maximum atomic E-state index is 9.11. The molecule has 3 heterocycles. The molecule has 1 unspecified atom stereocenters. The van der Waals surface area contributed by atoms with Gasteiger partial charge in [0.05, 0.1) is 18.8 Å². The van der Waals surface area contributed by atoms with Gasteiger partial charge < -0.3 is 5.11 Å². The summed E-state index contributed by atoms with van der Waals surface area (Å²) in [5, 5.41) is 13.6. The van der Waals surface area contributed by atoms with Crippen molar-refractivity contribution >= 4 is 0 Å². The molecule has 1 spiro atoms. The van der Waals surface area contributed by atoms with Crippen LogP contribution in [0.4, 0.5) is 0 Å². The lowest BCUT2D eigenvalue weighted by atomic mass is 9.81. The molecule has 1 aromatic carbocycles. The van der Waals surface area contributed by atoms with E-state index in [1.807, 2.05) is 4.68 Å². The zero-order valence-corrected chi connectivity index (χ0v) is 16.6. The highest BCUT2D eigenvalue weighted by Crippen LogP contribution is 2.44. The van der Waals surface area contributed by atoms with Crippen LogP contribution in [0.15, 0.2) is 36.5 Å². The van der Waals surface area contributed by atoms with Crippen LogP contribution in [0, 0.1) is 6.92 Å². The summed E-state index contributed by atoms with van der Waals surface area (Å²) >= 11 is 0. The molecule has 1 aromatic heterocycles. The highest BCUT2D eigenvalue weighted by atomic mass is 16.3. The number of rotatable bonds is 5. The lowest BCUT2D eigenvalue weighted by Gasteiger charge is -2.43. The van der Waals surface area contributed by atoms with Crippen molar-refractivity contribution in [1.82, 2.24) is 19.6 Å². The van der Waals surface area contributed by atoms with Crippen molar-refractivity contribution in [1.29, 1.82) is 0 Å². The Morgan fingerprint density at radius 3 is 2.63 bits per heavy atom. The van der Waals surface area contributed by atoms with Gasteiger partial charge in [-0.25, -0.2) is 0 Å². The van der Waals surface area contributed by atoms with Gasteiger partial charge in [-0.05, 0) is 44.7 Å². The van der Waals surface area contributed by atoms with Crippen molar-refractivity contribution in [2.24, 2.45) is 0 Å². The SMILES string of the molecule is Cc1nn(CCO)cc1CN1CCC2(CC1)CC(c1ccccc1)CN2C. The van der Waals surface area contributed by atoms with Gasteiger partial charge in [-0.3, -0.25) is 14.5 Å². The van der Waals surface area contributed by atoms with E-state index in [1.54, 1.807) is 0 Å². The third kappa shape index (κ3) is 3.82. The molecule has 0 bridgehead atoms. The average Bonchev–Trinajstić information content (AvgIpc) is 3.18. The number of hydrogen-bond donors (Lipinski definition) is 1. The molecule has 2 fully saturated rings. The Balaban J connectivity index is 1.37. The summed E-state index contributed by atoms with van der Waals surface area (Å²) < 4.78 is 1.87. The Bertz CT molecular complexity index is 749. The number of aromatic nitrogens is 2. The first kappa shape index (κ1) is 18.7. The second kappa shape index (κ2) is 7.74. The van der Waals surface area contributed by atoms with E-state index in [4.69, 9.17) is 5.11 Å². The van der Waals surface area contributed by atoms with Crippen LogP contribution in [-0.2, 0) is 13.1 Å². The number of piperidine rings is 1. The topological polar surface area (TPSA) is 44.5 Å². The third-order valence-electron chi connectivity index (χ3n) is 6.76. The van der Waals surface area contributed by atoms with Crippen molar-refractivity contribution in [2.75, 3.05) is 33.3 Å². The van der Waals surface area contributed by atoms with E-state index < -0.39 is 0 Å². The molecule has 5 heteroatoms. The van der Waals surface area contributed by atoms with Crippen LogP contribution in [0.25, 0.3) is 0 Å². The van der Waals surface area contributed by atoms with Gasteiger partial charge >= 0.3 is 0 Å². The van der Waals surface area contributed by atoms with Crippen LogP contribution >= 0.6 is 0 Å². The standard InChI is InChI=1S/C22H32N4O/c1-18-21(17-26(23-18)12-13-27)16-25-10-8-22(9-11-25)14-20(15-24(22)2)19-6-4-3-5-7-19/h3-7,17,20,27H,8-16H2,1-2H3. The molecular weight excluding hydrogens is 336 g/mol. The van der Waals surface area contributed by atoms with E-state index in [1.165, 1.54) is 36.9 Å². The van der Waals surface area contributed by atoms with Crippen molar-refractivity contribution in [2.45, 2.75) is 50.7 Å². The molecule has 2 aromatic rings. The normalized spacial score (nSPS) is 23.3. The highest BCUT2D eigenvalue weighted by molar-refractivity contribution is 5.23. The minimum absolute atomic E-state index is 0.141. The Labute approximate surface area is 162 Å². The number of aliphatic hydroxyl groups excluding tert-OH is 1. The van der Waals surface area contributed by atoms with Gasteiger partial charge in [0.15, 0.2) is 0 Å². The molecular formula is C22H32N4O. The van der Waals surface area contributed by atoms with Crippen LogP contribution < -0.4 is 0 Å². The number of benzene rings is 1. The molecule has 27 heavy (non-hydrogen) atoms. The second-order valence-corrected chi connectivity index (χ2v) is 8.42. The molecule has 1 N–H and O–H groups in total. The quantitative estimate of drug-likeness (QED) is 0.881. The lowest BCUT2D eigenvalue weighted by Crippen LogP contribution is -2.50. The molecule has 0 aliphatic carbocycles. The summed E-state index contributed by atoms with van der Waals surface area (Å²) in [4.78, 5) is 5.20. The molecule has 0 saturated carbocycles. The Morgan fingerprint density at radius 1 is 1.19 bits per heavy atom. The monoisotopic (exact) mass is 368 g/mol. The van der Waals surface area contributed by atoms with Gasteiger partial charge in [0.2, 0.25) is 0 Å². The third-order valence-corrected chi connectivity index (χ3v) is 6.76. The summed E-state index contributed by atoms with van der Waals surface area (Å²) in [6.45, 7) is 7.24. The molecule has 5 nitrogen and oxygen atoms in total. The fraction of sp³-hybridized carbons (Fsp3) is 0.591. The van der Waals surface area contributed by atoms with Crippen LogP contribution in [-0.4, -0.2) is 63.5 Å². The van der Waals surface area contributed by atoms with Crippen molar-refractivity contribution in [3.63, 3.8) is 0 Å². The van der Waals surface area contributed by atoms with Crippen molar-refractivity contribution in [3.05, 3.63) is 53.3 Å². The van der Waals surface area contributed by atoms with Crippen LogP contribution in [0.2, 0.25) is 0 Å². The first-order valence-corrected chi connectivity index (χ1v) is 10.2. The average molecular weight is 369 g/mol. The first-order chi connectivity index (χ1) is 13.1. The molecule has 1 atom stereocenters. The zero-order chi connectivity index (χ0) is 18.9. The Hall–Kier alpha value is -1.69. The number of aliphatic hydroxyl groups is 1. The van der Waals surface area contributed by atoms with E-state index in [0.717, 1.165) is 25.3 Å². The second-order valence-electron chi connectivity index (χ2n) is 8.42. The summed E-state index contributed by atoms with van der Waals surface area (Å²) in [5.74, 6) is 0.668. The van der Waals surface area contributed by atoms with Crippen LogP contribution in [0.3, 0.4) is 0 Å². The van der Waals surface area contributed by atoms with E-state index >= 15 is 0 Å². The van der Waals surface area contributed by atoms with E-state index in [-0.39, 0.29) is 6.61 Å². The molecule has 146 valence electrons. The Morgan fingerprint density at radius 2 is 1.93 bits per heavy atom. The molecule has 2 aliphatic rings. The first-order valence-electron chi connectivity index (χ1n) is 10.2. The predicted octanol–water partition coefficient (Wildman–Crippen LogP) is 2.64. The maximum Gasteiger partial charge on any atom is 0.0641 e. The number of likely N-dealkylation sites (tertiary alicyclic amines) is 2. The molecule has 4 rings (SSSR count). The van der Waals surface area contributed by atoms with Gasteiger partial charge in [-0.2, -0.15) is 5.10 Å². The van der Waals surface area contributed by atoms with Gasteiger partial charge in [-0.15, -0.1) is 0 Å². The number of hydrogen-bond acceptors (Lipinski definition) is 4. The van der Waals surface area contributed by atoms with Crippen LogP contribution in [0.1, 0.15) is 42.0 Å². The highest BCUT2D eigenvalue weighted by Gasteiger charge is 2.45. The fourth-order valence-corrected chi connectivity index (χ4v) is 5.04. The van der Waals surface area contributed by atoms with Crippen molar-refractivity contribution < 1.29 is 5.11 Å². The molecule has 2 saturated heterocycles. The van der Waals surface area contributed by atoms with Crippen LogP contribution in [0.5, 0.6) is 0 Å². The zero-order valence-electron chi connectivity index (χ0n) is 16.6.